The minimum atomic E-state index is -1.27. The molecule has 0 radical (unpaired) electrons. The molecule has 1 rings (SSSR count). The highest BCUT2D eigenvalue weighted by Crippen LogP contribution is 2.22. The summed E-state index contributed by atoms with van der Waals surface area (Å²) in [7, 11) is 0. The summed E-state index contributed by atoms with van der Waals surface area (Å²) in [6, 6.07) is 3.69. The number of aliphatic hydroxyl groups excluding tert-OH is 1. The molecular formula is C10H11NO5. The minimum Gasteiger partial charge on any atom is -0.478 e. The number of rotatable bonds is 3. The summed E-state index contributed by atoms with van der Waals surface area (Å²) in [6.45, 7) is 1.25. The van der Waals surface area contributed by atoms with E-state index in [0.717, 1.165) is 0 Å². The number of benzene rings is 1. The Labute approximate surface area is 91.3 Å². The summed E-state index contributed by atoms with van der Waals surface area (Å²) in [5.74, 6) is -1.95. The number of anilines is 1. The van der Waals surface area contributed by atoms with Crippen LogP contribution in [0.1, 0.15) is 17.3 Å². The number of carbonyl (C=O) groups excluding carboxylic acids is 1. The Hall–Kier alpha value is -2.08. The number of carboxylic acids is 1. The Balaban J connectivity index is 2.91. The molecule has 6 heteroatoms. The van der Waals surface area contributed by atoms with Gasteiger partial charge in [-0.05, 0) is 25.1 Å². The second-order valence-corrected chi connectivity index (χ2v) is 3.15. The van der Waals surface area contributed by atoms with Gasteiger partial charge < -0.3 is 20.7 Å². The average molecular weight is 225 g/mol. The van der Waals surface area contributed by atoms with E-state index in [0.29, 0.717) is 0 Å². The number of nitrogens with two attached hydrogens (primary N) is 1. The number of aliphatic hydroxyl groups is 1. The van der Waals surface area contributed by atoms with Crippen LogP contribution in [0, 0.1) is 0 Å². The Kier molecular flexibility index (Phi) is 3.47. The number of ether oxygens (including phenoxy) is 1. The molecular weight excluding hydrogens is 214 g/mol. The summed E-state index contributed by atoms with van der Waals surface area (Å²) in [5, 5.41) is 17.6. The summed E-state index contributed by atoms with van der Waals surface area (Å²) >= 11 is 0. The first-order chi connectivity index (χ1) is 7.41. The van der Waals surface area contributed by atoms with Crippen molar-refractivity contribution < 1.29 is 24.5 Å². The van der Waals surface area contributed by atoms with Gasteiger partial charge in [0.15, 0.2) is 5.75 Å². The van der Waals surface area contributed by atoms with Crippen LogP contribution in [-0.4, -0.2) is 28.3 Å². The maximum atomic E-state index is 11.0. The van der Waals surface area contributed by atoms with Crippen molar-refractivity contribution in [2.75, 3.05) is 5.73 Å². The molecule has 0 aliphatic carbocycles. The summed E-state index contributed by atoms with van der Waals surface area (Å²) < 4.78 is 4.73. The molecule has 0 saturated carbocycles. The van der Waals surface area contributed by atoms with Gasteiger partial charge in [-0.25, -0.2) is 9.59 Å². The highest BCUT2D eigenvalue weighted by molar-refractivity contribution is 5.89. The standard InChI is InChI=1S/C10H11NO5/c1-5(12)10(15)16-8-3-2-6(9(13)14)4-7(8)11/h2-5,12H,11H2,1H3,(H,13,14). The molecule has 0 spiro atoms. The predicted octanol–water partition coefficient (Wildman–Crippen LogP) is 0.253. The predicted molar refractivity (Wildman–Crippen MR) is 55.1 cm³/mol. The summed E-state index contributed by atoms with van der Waals surface area (Å²) in [5.41, 5.74) is 5.50. The topological polar surface area (TPSA) is 110 Å². The lowest BCUT2D eigenvalue weighted by Gasteiger charge is -2.08. The maximum absolute atomic E-state index is 11.0. The number of hydrogen-bond donors (Lipinski definition) is 3. The van der Waals surface area contributed by atoms with Gasteiger partial charge >= 0.3 is 11.9 Å². The van der Waals surface area contributed by atoms with Crippen molar-refractivity contribution in [2.45, 2.75) is 13.0 Å². The molecule has 0 aliphatic heterocycles. The molecule has 16 heavy (non-hydrogen) atoms. The molecule has 6 nitrogen and oxygen atoms in total. The highest BCUT2D eigenvalue weighted by atomic mass is 16.5. The van der Waals surface area contributed by atoms with E-state index in [-0.39, 0.29) is 17.0 Å². The zero-order valence-electron chi connectivity index (χ0n) is 8.51. The third kappa shape index (κ3) is 2.71. The SMILES string of the molecule is CC(O)C(=O)Oc1ccc(C(=O)O)cc1N. The van der Waals surface area contributed by atoms with Crippen LogP contribution in [0.15, 0.2) is 18.2 Å². The van der Waals surface area contributed by atoms with Gasteiger partial charge in [0.05, 0.1) is 11.3 Å². The number of nitrogen functional groups attached to an aromatic ring is 1. The van der Waals surface area contributed by atoms with Crippen LogP contribution in [0.4, 0.5) is 5.69 Å². The maximum Gasteiger partial charge on any atom is 0.340 e. The van der Waals surface area contributed by atoms with Crippen molar-refractivity contribution in [3.05, 3.63) is 23.8 Å². The molecule has 1 aromatic carbocycles. The van der Waals surface area contributed by atoms with Crippen LogP contribution in [0.2, 0.25) is 0 Å². The van der Waals surface area contributed by atoms with Gasteiger partial charge in [0.2, 0.25) is 0 Å². The molecule has 1 unspecified atom stereocenters. The first-order valence-corrected chi connectivity index (χ1v) is 4.44. The zero-order valence-corrected chi connectivity index (χ0v) is 8.51. The third-order valence-corrected chi connectivity index (χ3v) is 1.81. The average Bonchev–Trinajstić information content (AvgIpc) is 2.20. The zero-order chi connectivity index (χ0) is 12.3. The third-order valence-electron chi connectivity index (χ3n) is 1.81. The van der Waals surface area contributed by atoms with E-state index in [4.69, 9.17) is 20.7 Å². The molecule has 0 aliphatic rings. The molecule has 1 aromatic rings. The molecule has 0 aromatic heterocycles. The minimum absolute atomic E-state index is 0.00524. The fraction of sp³-hybridized carbons (Fsp3) is 0.200. The summed E-state index contributed by atoms with van der Waals surface area (Å²) in [4.78, 5) is 21.6. The van der Waals surface area contributed by atoms with Crippen LogP contribution in [-0.2, 0) is 4.79 Å². The smallest absolute Gasteiger partial charge is 0.340 e. The summed E-state index contributed by atoms with van der Waals surface area (Å²) in [6.07, 6.45) is -1.27. The van der Waals surface area contributed by atoms with Crippen molar-refractivity contribution >= 4 is 17.6 Å². The number of hydrogen-bond acceptors (Lipinski definition) is 5. The van der Waals surface area contributed by atoms with Gasteiger partial charge in [0, 0.05) is 0 Å². The van der Waals surface area contributed by atoms with Crippen LogP contribution in [0.3, 0.4) is 0 Å². The van der Waals surface area contributed by atoms with Gasteiger partial charge in [0.25, 0.3) is 0 Å². The second kappa shape index (κ2) is 4.63. The van der Waals surface area contributed by atoms with E-state index in [9.17, 15) is 9.59 Å². The van der Waals surface area contributed by atoms with E-state index in [1.165, 1.54) is 25.1 Å². The molecule has 0 saturated heterocycles. The monoisotopic (exact) mass is 225 g/mol. The van der Waals surface area contributed by atoms with Crippen LogP contribution >= 0.6 is 0 Å². The van der Waals surface area contributed by atoms with Gasteiger partial charge in [-0.1, -0.05) is 0 Å². The first kappa shape index (κ1) is 12.0. The first-order valence-electron chi connectivity index (χ1n) is 4.44. The number of carboxylic acid groups (broad SMARTS) is 1. The number of carbonyl (C=O) groups is 2. The fourth-order valence-electron chi connectivity index (χ4n) is 0.968. The Bertz CT molecular complexity index is 427. The lowest BCUT2D eigenvalue weighted by Crippen LogP contribution is -2.22. The van der Waals surface area contributed by atoms with Gasteiger partial charge in [-0.2, -0.15) is 0 Å². The van der Waals surface area contributed by atoms with Gasteiger partial charge in [-0.3, -0.25) is 0 Å². The van der Waals surface area contributed by atoms with E-state index in [2.05, 4.69) is 0 Å². The normalized spacial score (nSPS) is 11.9. The Morgan fingerprint density at radius 1 is 1.44 bits per heavy atom. The molecule has 0 bridgehead atoms. The molecule has 0 amide bonds. The quantitative estimate of drug-likeness (QED) is 0.386. The largest absolute Gasteiger partial charge is 0.478 e. The Morgan fingerprint density at radius 2 is 2.06 bits per heavy atom. The van der Waals surface area contributed by atoms with E-state index in [1.807, 2.05) is 0 Å². The lowest BCUT2D eigenvalue weighted by atomic mass is 10.2. The molecule has 1 atom stereocenters. The van der Waals surface area contributed by atoms with Crippen LogP contribution in [0.25, 0.3) is 0 Å². The lowest BCUT2D eigenvalue weighted by molar-refractivity contribution is -0.142. The van der Waals surface area contributed by atoms with Gasteiger partial charge in [0.1, 0.15) is 6.10 Å². The molecule has 0 heterocycles. The fourth-order valence-corrected chi connectivity index (χ4v) is 0.968. The molecule has 0 fully saturated rings. The number of aromatic carboxylic acids is 1. The van der Waals surface area contributed by atoms with Crippen molar-refractivity contribution in [2.24, 2.45) is 0 Å². The van der Waals surface area contributed by atoms with Crippen molar-refractivity contribution in [3.63, 3.8) is 0 Å². The molecule has 86 valence electrons. The van der Waals surface area contributed by atoms with E-state index >= 15 is 0 Å². The van der Waals surface area contributed by atoms with Crippen LogP contribution < -0.4 is 10.5 Å². The molecule has 4 N–H and O–H groups in total. The van der Waals surface area contributed by atoms with E-state index in [1.54, 1.807) is 0 Å². The van der Waals surface area contributed by atoms with Crippen molar-refractivity contribution in [1.82, 2.24) is 0 Å². The van der Waals surface area contributed by atoms with Gasteiger partial charge in [-0.15, -0.1) is 0 Å². The second-order valence-electron chi connectivity index (χ2n) is 3.15. The van der Waals surface area contributed by atoms with Crippen molar-refractivity contribution in [3.8, 4) is 5.75 Å². The number of esters is 1. The highest BCUT2D eigenvalue weighted by Gasteiger charge is 2.14. The van der Waals surface area contributed by atoms with Crippen molar-refractivity contribution in [1.29, 1.82) is 0 Å². The Morgan fingerprint density at radius 3 is 2.50 bits per heavy atom. The van der Waals surface area contributed by atoms with E-state index < -0.39 is 18.0 Å². The van der Waals surface area contributed by atoms with Crippen LogP contribution in [0.5, 0.6) is 5.75 Å².